The van der Waals surface area contributed by atoms with Gasteiger partial charge in [0.05, 0.1) is 0 Å². The molecule has 0 atom stereocenters. The fourth-order valence-electron chi connectivity index (χ4n) is 1.43. The molecule has 0 saturated carbocycles. The zero-order valence-electron chi connectivity index (χ0n) is 10.0. The molecule has 0 aromatic carbocycles. The van der Waals surface area contributed by atoms with E-state index < -0.39 is 16.6 Å². The van der Waals surface area contributed by atoms with Crippen LogP contribution in [0.15, 0.2) is 0 Å². The fourth-order valence-corrected chi connectivity index (χ4v) is 1.67. The first-order chi connectivity index (χ1) is 8.57. The Bertz CT molecular complexity index is 433. The number of amides is 1. The van der Waals surface area contributed by atoms with Crippen molar-refractivity contribution in [3.8, 4) is 0 Å². The van der Waals surface area contributed by atoms with Crippen LogP contribution in [0.1, 0.15) is 43.1 Å². The molecule has 1 rings (SSSR count). The molecule has 1 aromatic heterocycles. The van der Waals surface area contributed by atoms with E-state index in [0.717, 1.165) is 25.7 Å². The Labute approximate surface area is 109 Å². The van der Waals surface area contributed by atoms with Crippen LogP contribution in [-0.2, 0) is 0 Å². The van der Waals surface area contributed by atoms with Crippen LogP contribution in [0.4, 0.5) is 5.82 Å². The summed E-state index contributed by atoms with van der Waals surface area (Å²) in [5.74, 6) is -0.964. The predicted molar refractivity (Wildman–Crippen MR) is 66.7 cm³/mol. The third-order valence-electron chi connectivity index (χ3n) is 2.40. The number of carbonyl (C=O) groups excluding carboxylic acids is 1. The van der Waals surface area contributed by atoms with Crippen molar-refractivity contribution < 1.29 is 9.72 Å². The first-order valence-electron chi connectivity index (χ1n) is 5.74. The number of aromatic amines is 1. The van der Waals surface area contributed by atoms with Crippen molar-refractivity contribution in [2.24, 2.45) is 0 Å². The standard InChI is InChI=1S/C10H15ClN4O3/c1-2-3-4-5-6-12-10(16)8-7(11)9(14-13-8)15(17)18/h2-6H2,1H3,(H,12,16)(H,13,14). The lowest BCUT2D eigenvalue weighted by molar-refractivity contribution is -0.389. The van der Waals surface area contributed by atoms with E-state index in [9.17, 15) is 14.9 Å². The van der Waals surface area contributed by atoms with Crippen LogP contribution in [0.3, 0.4) is 0 Å². The van der Waals surface area contributed by atoms with Crippen LogP contribution < -0.4 is 5.32 Å². The van der Waals surface area contributed by atoms with E-state index in [1.54, 1.807) is 0 Å². The van der Waals surface area contributed by atoms with Gasteiger partial charge in [-0.25, -0.2) is 0 Å². The van der Waals surface area contributed by atoms with Crippen molar-refractivity contribution in [1.82, 2.24) is 15.5 Å². The normalized spacial score (nSPS) is 10.3. The monoisotopic (exact) mass is 274 g/mol. The molecule has 7 nitrogen and oxygen atoms in total. The largest absolute Gasteiger partial charge is 0.362 e. The SMILES string of the molecule is CCCCCCNC(=O)c1n[nH]c([N+](=O)[O-])c1Cl. The van der Waals surface area contributed by atoms with Crippen LogP contribution in [-0.4, -0.2) is 27.6 Å². The van der Waals surface area contributed by atoms with Gasteiger partial charge < -0.3 is 15.4 Å². The van der Waals surface area contributed by atoms with Gasteiger partial charge in [0, 0.05) is 6.54 Å². The maximum Gasteiger partial charge on any atom is 0.362 e. The predicted octanol–water partition coefficient (Wildman–Crippen LogP) is 2.28. The van der Waals surface area contributed by atoms with Gasteiger partial charge in [-0.05, 0) is 11.3 Å². The summed E-state index contributed by atoms with van der Waals surface area (Å²) in [5.41, 5.74) is -0.140. The number of nitrogens with one attached hydrogen (secondary N) is 2. The van der Waals surface area contributed by atoms with Gasteiger partial charge >= 0.3 is 5.82 Å². The quantitative estimate of drug-likeness (QED) is 0.452. The molecule has 0 fully saturated rings. The summed E-state index contributed by atoms with van der Waals surface area (Å²) < 4.78 is 0. The van der Waals surface area contributed by atoms with Gasteiger partial charge in [0.25, 0.3) is 5.91 Å². The number of halogens is 1. The second kappa shape index (κ2) is 6.95. The molecule has 0 aliphatic heterocycles. The van der Waals surface area contributed by atoms with E-state index >= 15 is 0 Å². The average Bonchev–Trinajstić information content (AvgIpc) is 2.70. The molecule has 2 N–H and O–H groups in total. The molecular weight excluding hydrogens is 260 g/mol. The molecule has 0 saturated heterocycles. The van der Waals surface area contributed by atoms with Crippen molar-refractivity contribution in [1.29, 1.82) is 0 Å². The molecule has 0 radical (unpaired) electrons. The molecule has 0 spiro atoms. The highest BCUT2D eigenvalue weighted by molar-refractivity contribution is 6.35. The lowest BCUT2D eigenvalue weighted by Crippen LogP contribution is -2.25. The molecule has 0 aliphatic rings. The Morgan fingerprint density at radius 2 is 2.22 bits per heavy atom. The summed E-state index contributed by atoms with van der Waals surface area (Å²) >= 11 is 5.68. The van der Waals surface area contributed by atoms with Crippen molar-refractivity contribution in [3.05, 3.63) is 20.8 Å². The zero-order valence-corrected chi connectivity index (χ0v) is 10.8. The highest BCUT2D eigenvalue weighted by Crippen LogP contribution is 2.24. The summed E-state index contributed by atoms with van der Waals surface area (Å²) in [6, 6.07) is 0. The number of unbranched alkanes of at least 4 members (excludes halogenated alkanes) is 3. The first kappa shape index (κ1) is 14.4. The molecule has 100 valence electrons. The highest BCUT2D eigenvalue weighted by Gasteiger charge is 2.24. The number of nitro groups is 1. The van der Waals surface area contributed by atoms with Crippen molar-refractivity contribution >= 4 is 23.3 Å². The maximum absolute atomic E-state index is 11.6. The highest BCUT2D eigenvalue weighted by atomic mass is 35.5. The number of aromatic nitrogens is 2. The van der Waals surface area contributed by atoms with E-state index in [0.29, 0.717) is 6.54 Å². The molecule has 8 heteroatoms. The minimum Gasteiger partial charge on any atom is -0.358 e. The minimum atomic E-state index is -0.715. The van der Waals surface area contributed by atoms with Crippen LogP contribution in [0.2, 0.25) is 5.02 Å². The number of H-pyrrole nitrogens is 1. The molecule has 1 amide bonds. The summed E-state index contributed by atoms with van der Waals surface area (Å²) in [4.78, 5) is 21.4. The summed E-state index contributed by atoms with van der Waals surface area (Å²) in [6.45, 7) is 2.61. The van der Waals surface area contributed by atoms with Gasteiger partial charge in [0.1, 0.15) is 0 Å². The van der Waals surface area contributed by atoms with Crippen molar-refractivity contribution in [3.63, 3.8) is 0 Å². The minimum absolute atomic E-state index is 0.140. The maximum atomic E-state index is 11.6. The van der Waals surface area contributed by atoms with Gasteiger partial charge in [-0.2, -0.15) is 0 Å². The van der Waals surface area contributed by atoms with Crippen LogP contribution in [0.25, 0.3) is 0 Å². The third-order valence-corrected chi connectivity index (χ3v) is 2.76. The van der Waals surface area contributed by atoms with Crippen LogP contribution in [0.5, 0.6) is 0 Å². The van der Waals surface area contributed by atoms with Crippen LogP contribution in [0, 0.1) is 10.1 Å². The Kier molecular flexibility index (Phi) is 5.57. The lowest BCUT2D eigenvalue weighted by Gasteiger charge is -2.02. The van der Waals surface area contributed by atoms with Crippen molar-refractivity contribution in [2.75, 3.05) is 6.54 Å². The van der Waals surface area contributed by atoms with Crippen molar-refractivity contribution in [2.45, 2.75) is 32.6 Å². The summed E-state index contributed by atoms with van der Waals surface area (Å²) in [5, 5.41) is 18.5. The smallest absolute Gasteiger partial charge is 0.358 e. The topological polar surface area (TPSA) is 101 Å². The van der Waals surface area contributed by atoms with E-state index in [4.69, 9.17) is 11.6 Å². The lowest BCUT2D eigenvalue weighted by atomic mass is 10.2. The Morgan fingerprint density at radius 1 is 1.50 bits per heavy atom. The Hall–Kier alpha value is -1.63. The molecule has 0 aliphatic carbocycles. The molecule has 0 bridgehead atoms. The number of rotatable bonds is 7. The molecule has 0 unspecified atom stereocenters. The summed E-state index contributed by atoms with van der Waals surface area (Å²) in [6.07, 6.45) is 4.13. The van der Waals surface area contributed by atoms with Crippen LogP contribution >= 0.6 is 11.6 Å². The van der Waals surface area contributed by atoms with E-state index in [1.165, 1.54) is 0 Å². The van der Waals surface area contributed by atoms with Gasteiger partial charge in [0.2, 0.25) is 0 Å². The Balaban J connectivity index is 2.49. The third kappa shape index (κ3) is 3.69. The second-order valence-corrected chi connectivity index (χ2v) is 4.19. The number of hydrogen-bond donors (Lipinski definition) is 2. The molecule has 1 heterocycles. The second-order valence-electron chi connectivity index (χ2n) is 3.81. The van der Waals surface area contributed by atoms with E-state index in [-0.39, 0.29) is 10.7 Å². The number of hydrogen-bond acceptors (Lipinski definition) is 4. The fraction of sp³-hybridized carbons (Fsp3) is 0.600. The molecule has 18 heavy (non-hydrogen) atoms. The first-order valence-corrected chi connectivity index (χ1v) is 6.12. The van der Waals surface area contributed by atoms with Gasteiger partial charge in [-0.1, -0.05) is 42.9 Å². The molecular formula is C10H15ClN4O3. The van der Waals surface area contributed by atoms with E-state index in [2.05, 4.69) is 22.4 Å². The number of carbonyl (C=O) groups is 1. The van der Waals surface area contributed by atoms with Gasteiger partial charge in [0.15, 0.2) is 10.7 Å². The van der Waals surface area contributed by atoms with E-state index in [1.807, 2.05) is 0 Å². The zero-order chi connectivity index (χ0) is 13.5. The average molecular weight is 275 g/mol. The van der Waals surface area contributed by atoms with Gasteiger partial charge in [-0.15, -0.1) is 5.10 Å². The van der Waals surface area contributed by atoms with Gasteiger partial charge in [-0.3, -0.25) is 4.79 Å². The number of nitrogens with zero attached hydrogens (tertiary/aromatic N) is 2. The summed E-state index contributed by atoms with van der Waals surface area (Å²) in [7, 11) is 0. The Morgan fingerprint density at radius 3 is 2.78 bits per heavy atom. The molecule has 1 aromatic rings.